The van der Waals surface area contributed by atoms with Crippen LogP contribution in [0.2, 0.25) is 0 Å². The van der Waals surface area contributed by atoms with Gasteiger partial charge in [-0.15, -0.1) is 0 Å². The molecule has 0 aromatic rings. The van der Waals surface area contributed by atoms with E-state index in [4.69, 9.17) is 0 Å². The van der Waals surface area contributed by atoms with Crippen LogP contribution in [0.25, 0.3) is 0 Å². The predicted molar refractivity (Wildman–Crippen MR) is 5.75 cm³/mol. The maximum Gasteiger partial charge on any atom is 1.00 e. The van der Waals surface area contributed by atoms with Crippen molar-refractivity contribution >= 4 is 27.3 Å². The van der Waals surface area contributed by atoms with Gasteiger partial charge in [0, 0.05) is 0 Å². The van der Waals surface area contributed by atoms with Gasteiger partial charge in [-0.3, -0.25) is 0 Å². The van der Waals surface area contributed by atoms with Crippen molar-refractivity contribution in [3.8, 4) is 0 Å². The SMILES string of the molecule is [Br-].[Br-].[Li+].[Tl+]. The van der Waals surface area contributed by atoms with Gasteiger partial charge in [0.05, 0.1) is 0 Å². The summed E-state index contributed by atoms with van der Waals surface area (Å²) in [4.78, 5) is 0. The van der Waals surface area contributed by atoms with Gasteiger partial charge >= 0.3 is 46.2 Å². The first-order valence-electron chi connectivity index (χ1n) is 0. The summed E-state index contributed by atoms with van der Waals surface area (Å²) in [6, 6.07) is 0. The van der Waals surface area contributed by atoms with Gasteiger partial charge in [0.15, 0.2) is 0 Å². The van der Waals surface area contributed by atoms with E-state index in [0.29, 0.717) is 0 Å². The second-order valence-corrected chi connectivity index (χ2v) is 0. The quantitative estimate of drug-likeness (QED) is 0.371. The first-order valence-corrected chi connectivity index (χ1v) is 0. The monoisotopic (exact) mass is 370 g/mol. The van der Waals surface area contributed by atoms with E-state index in [1.54, 1.807) is 0 Å². The zero-order chi connectivity index (χ0) is 0. The maximum absolute atomic E-state index is 0. The van der Waals surface area contributed by atoms with E-state index in [2.05, 4.69) is 0 Å². The molecular weight excluding hydrogens is 371 g/mol. The van der Waals surface area contributed by atoms with Crippen molar-refractivity contribution in [2.45, 2.75) is 0 Å². The Bertz CT molecular complexity index is 6.00. The molecule has 4 heavy (non-hydrogen) atoms. The minimum Gasteiger partial charge on any atom is -1.00 e. The van der Waals surface area contributed by atoms with Crippen LogP contribution in [-0.2, 0) is 0 Å². The second kappa shape index (κ2) is 17.9. The maximum atomic E-state index is 0. The van der Waals surface area contributed by atoms with E-state index in [9.17, 15) is 0 Å². The molecule has 0 aliphatic carbocycles. The third-order valence-electron chi connectivity index (χ3n) is 0. The van der Waals surface area contributed by atoms with Gasteiger partial charge < -0.3 is 34.0 Å². The van der Waals surface area contributed by atoms with Crippen molar-refractivity contribution in [2.75, 3.05) is 0 Å². The van der Waals surface area contributed by atoms with Crippen LogP contribution in [0.4, 0.5) is 0 Å². The fourth-order valence-corrected chi connectivity index (χ4v) is 0. The van der Waals surface area contributed by atoms with Gasteiger partial charge in [0.1, 0.15) is 0 Å². The second-order valence-electron chi connectivity index (χ2n) is 0. The van der Waals surface area contributed by atoms with Crippen LogP contribution in [0.15, 0.2) is 0 Å². The summed E-state index contributed by atoms with van der Waals surface area (Å²) < 4.78 is 0. The first-order chi connectivity index (χ1) is 0. The molecule has 4 heteroatoms. The molecular formula is Br2LiTl. The van der Waals surface area contributed by atoms with E-state index >= 15 is 0 Å². The molecule has 0 aliphatic rings. The summed E-state index contributed by atoms with van der Waals surface area (Å²) >= 11 is 0. The van der Waals surface area contributed by atoms with E-state index in [0.717, 1.165) is 0 Å². The largest absolute Gasteiger partial charge is 1.00 e. The van der Waals surface area contributed by atoms with Gasteiger partial charge in [-0.05, 0) is 0 Å². The van der Waals surface area contributed by atoms with Gasteiger partial charge in [-0.1, -0.05) is 0 Å². The van der Waals surface area contributed by atoms with Crippen LogP contribution in [0.3, 0.4) is 0 Å². The molecule has 0 aromatic heterocycles. The summed E-state index contributed by atoms with van der Waals surface area (Å²) in [6.45, 7) is 0. The van der Waals surface area contributed by atoms with Crippen LogP contribution < -0.4 is 52.8 Å². The number of hydrogen-bond donors (Lipinski definition) is 0. The minimum absolute atomic E-state index is 0. The Hall–Kier alpha value is 2.48. The zero-order valence-corrected chi connectivity index (χ0v) is 9.99. The molecule has 0 fully saturated rings. The fourth-order valence-electron chi connectivity index (χ4n) is 0. The molecule has 0 spiro atoms. The van der Waals surface area contributed by atoms with Crippen molar-refractivity contribution in [2.24, 2.45) is 0 Å². The standard InChI is InChI=1S/2BrH.Li.Tl/h2*1H;;/q;;2*+1/p-2. The Morgan fingerprint density at radius 3 is 0.750 bits per heavy atom. The summed E-state index contributed by atoms with van der Waals surface area (Å²) in [5.41, 5.74) is 0. The number of halogens is 2. The minimum atomic E-state index is 0. The number of hydrogen-bond acceptors (Lipinski definition) is 0. The van der Waals surface area contributed by atoms with Crippen LogP contribution >= 0.6 is 0 Å². The Morgan fingerprint density at radius 2 is 0.750 bits per heavy atom. The Labute approximate surface area is 79.0 Å². The average molecular weight is 371 g/mol. The van der Waals surface area contributed by atoms with Crippen molar-refractivity contribution in [3.63, 3.8) is 0 Å². The molecule has 0 atom stereocenters. The van der Waals surface area contributed by atoms with Crippen molar-refractivity contribution < 1.29 is 52.8 Å². The average Bonchev–Trinajstić information content (AvgIpc) is 0. The van der Waals surface area contributed by atoms with Gasteiger partial charge in [-0.2, -0.15) is 0 Å². The first kappa shape index (κ1) is 31.6. The Balaban J connectivity index is 0. The molecule has 0 aliphatic heterocycles. The predicted octanol–water partition coefficient (Wildman–Crippen LogP) is -9.37. The third kappa shape index (κ3) is 8.82. The molecule has 0 unspecified atom stereocenters. The molecule has 18 valence electrons. The number of rotatable bonds is 0. The molecule has 0 radical (unpaired) electrons. The molecule has 0 saturated heterocycles. The third-order valence-corrected chi connectivity index (χ3v) is 0. The molecule has 0 rings (SSSR count). The molecule has 0 bridgehead atoms. The summed E-state index contributed by atoms with van der Waals surface area (Å²) in [5, 5.41) is 0. The Kier molecular flexibility index (Phi) is 141. The van der Waals surface area contributed by atoms with Crippen LogP contribution in [0.1, 0.15) is 0 Å². The summed E-state index contributed by atoms with van der Waals surface area (Å²) in [7, 11) is 0. The molecule has 0 N–H and O–H groups in total. The van der Waals surface area contributed by atoms with Crippen LogP contribution in [0, 0.1) is 0 Å². The molecule has 0 nitrogen and oxygen atoms in total. The van der Waals surface area contributed by atoms with Gasteiger partial charge in [0.2, 0.25) is 0 Å². The molecule has 0 amide bonds. The molecule has 0 heterocycles. The van der Waals surface area contributed by atoms with Crippen molar-refractivity contribution in [1.82, 2.24) is 0 Å². The normalized spacial score (nSPS) is 0. The van der Waals surface area contributed by atoms with E-state index in [1.165, 1.54) is 0 Å². The smallest absolute Gasteiger partial charge is 1.00 e. The Morgan fingerprint density at radius 1 is 0.750 bits per heavy atom. The van der Waals surface area contributed by atoms with E-state index in [1.807, 2.05) is 0 Å². The van der Waals surface area contributed by atoms with Crippen LogP contribution in [-0.4, -0.2) is 27.3 Å². The topological polar surface area (TPSA) is 0 Å². The summed E-state index contributed by atoms with van der Waals surface area (Å²) in [6.07, 6.45) is 0. The van der Waals surface area contributed by atoms with E-state index in [-0.39, 0.29) is 80.1 Å². The molecule has 0 aromatic carbocycles. The zero-order valence-electron chi connectivity index (χ0n) is 2.33. The fraction of sp³-hybridized carbons (Fsp3) is 0. The van der Waals surface area contributed by atoms with E-state index < -0.39 is 0 Å². The van der Waals surface area contributed by atoms with Crippen LogP contribution in [0.5, 0.6) is 0 Å². The van der Waals surface area contributed by atoms with Crippen molar-refractivity contribution in [3.05, 3.63) is 0 Å². The molecule has 0 saturated carbocycles. The van der Waals surface area contributed by atoms with Crippen molar-refractivity contribution in [1.29, 1.82) is 0 Å². The van der Waals surface area contributed by atoms with Gasteiger partial charge in [0.25, 0.3) is 0 Å². The van der Waals surface area contributed by atoms with Gasteiger partial charge in [-0.25, -0.2) is 0 Å². The summed E-state index contributed by atoms with van der Waals surface area (Å²) in [5.74, 6) is 0.